The highest BCUT2D eigenvalue weighted by Gasteiger charge is 2.24. The molecule has 0 aliphatic heterocycles. The van der Waals surface area contributed by atoms with Gasteiger partial charge in [-0.15, -0.1) is 0 Å². The Morgan fingerprint density at radius 3 is 2.47 bits per heavy atom. The number of carboxylic acid groups (broad SMARTS) is 1. The molecule has 1 heterocycles. The summed E-state index contributed by atoms with van der Waals surface area (Å²) in [5.74, 6) is -0.0824. The minimum absolute atomic E-state index is 0.228. The lowest BCUT2D eigenvalue weighted by Gasteiger charge is -2.21. The zero-order valence-corrected chi connectivity index (χ0v) is 23.8. The molecule has 0 radical (unpaired) electrons. The average Bonchev–Trinajstić information content (AvgIpc) is 2.76. The Kier molecular flexibility index (Phi) is 7.89. The summed E-state index contributed by atoms with van der Waals surface area (Å²) >= 11 is 10.3. The molecule has 1 aromatic heterocycles. The van der Waals surface area contributed by atoms with Gasteiger partial charge in [-0.05, 0) is 63.0 Å². The molecule has 0 aliphatic carbocycles. The van der Waals surface area contributed by atoms with Crippen LogP contribution in [0.5, 0.6) is 11.5 Å². The lowest BCUT2D eigenvalue weighted by Crippen LogP contribution is -2.29. The first-order valence-corrected chi connectivity index (χ1v) is 12.5. The van der Waals surface area contributed by atoms with Crippen molar-refractivity contribution in [3.05, 3.63) is 59.4 Å². The van der Waals surface area contributed by atoms with Crippen LogP contribution in [0.25, 0.3) is 10.9 Å². The van der Waals surface area contributed by atoms with Crippen molar-refractivity contribution in [2.75, 3.05) is 7.11 Å². The first-order valence-electron chi connectivity index (χ1n) is 10.1. The van der Waals surface area contributed by atoms with Gasteiger partial charge in [0.25, 0.3) is 5.56 Å². The number of rotatable bonds is 6. The van der Waals surface area contributed by atoms with Crippen LogP contribution in [0.15, 0.2) is 47.6 Å². The maximum atomic E-state index is 13.4. The van der Waals surface area contributed by atoms with E-state index >= 15 is 0 Å². The molecule has 0 bridgehead atoms. The number of halogens is 3. The predicted octanol–water partition coefficient (Wildman–Crippen LogP) is 5.72. The van der Waals surface area contributed by atoms with Crippen LogP contribution in [0.2, 0.25) is 0 Å². The fourth-order valence-corrected chi connectivity index (χ4v) is 4.32. The molecule has 0 fully saturated rings. The van der Waals surface area contributed by atoms with Crippen LogP contribution in [0, 0.1) is 0 Å². The van der Waals surface area contributed by atoms with Crippen LogP contribution in [0.3, 0.4) is 0 Å². The molecule has 1 atom stereocenters. The number of methoxy groups -OCH3 is 1. The van der Waals surface area contributed by atoms with E-state index in [9.17, 15) is 14.7 Å². The molecule has 1 N–H and O–H groups in total. The molecule has 0 amide bonds. The quantitative estimate of drug-likeness (QED) is 0.340. The van der Waals surface area contributed by atoms with E-state index in [1.54, 1.807) is 18.2 Å². The predicted molar refractivity (Wildman–Crippen MR) is 142 cm³/mol. The molecule has 180 valence electrons. The van der Waals surface area contributed by atoms with Crippen LogP contribution in [-0.2, 0) is 10.2 Å². The monoisotopic (exact) mass is 657 g/mol. The topological polar surface area (TPSA) is 103 Å². The molecule has 0 saturated carbocycles. The second kappa shape index (κ2) is 10.2. The van der Waals surface area contributed by atoms with E-state index in [-0.39, 0.29) is 11.3 Å². The van der Waals surface area contributed by atoms with Crippen LogP contribution in [-0.4, -0.2) is 40.2 Å². The molecule has 0 spiro atoms. The van der Waals surface area contributed by atoms with Crippen molar-refractivity contribution in [2.45, 2.75) is 39.2 Å². The van der Waals surface area contributed by atoms with Gasteiger partial charge in [-0.25, -0.2) is 9.78 Å². The number of aromatic nitrogens is 2. The Labute approximate surface area is 221 Å². The maximum absolute atomic E-state index is 13.4. The Balaban J connectivity index is 2.18. The van der Waals surface area contributed by atoms with Gasteiger partial charge in [0, 0.05) is 19.9 Å². The van der Waals surface area contributed by atoms with Crippen LogP contribution < -0.4 is 15.0 Å². The molecule has 34 heavy (non-hydrogen) atoms. The first-order chi connectivity index (χ1) is 15.8. The van der Waals surface area contributed by atoms with Gasteiger partial charge in [-0.2, -0.15) is 9.78 Å². The van der Waals surface area contributed by atoms with Crippen molar-refractivity contribution in [1.82, 2.24) is 9.66 Å². The number of ether oxygens (including phenoxy) is 2. The maximum Gasteiger partial charge on any atom is 0.344 e. The second-order valence-electron chi connectivity index (χ2n) is 8.43. The lowest BCUT2D eigenvalue weighted by molar-refractivity contribution is -0.144. The van der Waals surface area contributed by atoms with Crippen molar-refractivity contribution >= 4 is 70.9 Å². The van der Waals surface area contributed by atoms with E-state index in [1.165, 1.54) is 24.9 Å². The molecule has 11 heteroatoms. The van der Waals surface area contributed by atoms with Crippen LogP contribution in [0.4, 0.5) is 0 Å². The van der Waals surface area contributed by atoms with E-state index in [2.05, 4.69) is 52.9 Å². The molecule has 0 aliphatic rings. The number of benzene rings is 2. The van der Waals surface area contributed by atoms with Gasteiger partial charge >= 0.3 is 5.97 Å². The molecule has 0 saturated heterocycles. The van der Waals surface area contributed by atoms with Crippen LogP contribution in [0.1, 0.15) is 39.1 Å². The van der Waals surface area contributed by atoms with Crippen LogP contribution >= 0.6 is 47.8 Å². The molecule has 3 aromatic rings. The Bertz CT molecular complexity index is 1360. The largest absolute Gasteiger partial charge is 0.493 e. The van der Waals surface area contributed by atoms with E-state index in [4.69, 9.17) is 14.5 Å². The second-order valence-corrected chi connectivity index (χ2v) is 10.9. The minimum atomic E-state index is -1.11. The molecular weight excluding hydrogens is 638 g/mol. The molecular formula is C23H22Br3N3O5. The summed E-state index contributed by atoms with van der Waals surface area (Å²) in [6.45, 7) is 7.29. The zero-order chi connectivity index (χ0) is 25.4. The number of nitrogens with zero attached hydrogens (tertiary/aromatic N) is 3. The van der Waals surface area contributed by atoms with E-state index < -0.39 is 17.5 Å². The SMILES string of the molecule is COc1cc(C=Nn2c(C(C)(C)C)nc3ccc(Br)cc3c2=O)c(Br)c(Br)c1O[C@@H](C)C(=O)O. The lowest BCUT2D eigenvalue weighted by atomic mass is 9.95. The van der Waals surface area contributed by atoms with Gasteiger partial charge in [-0.3, -0.25) is 4.79 Å². The van der Waals surface area contributed by atoms with Gasteiger partial charge in [0.05, 0.1) is 28.7 Å². The van der Waals surface area contributed by atoms with Crippen molar-refractivity contribution < 1.29 is 19.4 Å². The molecule has 8 nitrogen and oxygen atoms in total. The summed E-state index contributed by atoms with van der Waals surface area (Å²) < 4.78 is 14.0. The third kappa shape index (κ3) is 5.36. The number of carboxylic acids is 1. The summed E-state index contributed by atoms with van der Waals surface area (Å²) in [6, 6.07) is 6.98. The fraction of sp³-hybridized carbons (Fsp3) is 0.304. The summed E-state index contributed by atoms with van der Waals surface area (Å²) in [5, 5.41) is 14.1. The van der Waals surface area contributed by atoms with Crippen molar-refractivity contribution in [3.8, 4) is 11.5 Å². The summed E-state index contributed by atoms with van der Waals surface area (Å²) in [6.07, 6.45) is 0.414. The molecule has 2 aromatic carbocycles. The summed E-state index contributed by atoms with van der Waals surface area (Å²) in [5.41, 5.74) is 0.395. The highest BCUT2D eigenvalue weighted by atomic mass is 79.9. The van der Waals surface area contributed by atoms with Gasteiger partial charge in [-0.1, -0.05) is 36.7 Å². The number of fused-ring (bicyclic) bond motifs is 1. The van der Waals surface area contributed by atoms with Crippen molar-refractivity contribution in [3.63, 3.8) is 0 Å². The van der Waals surface area contributed by atoms with E-state index in [1.807, 2.05) is 26.8 Å². The van der Waals surface area contributed by atoms with Gasteiger partial charge in [0.2, 0.25) is 0 Å². The Morgan fingerprint density at radius 1 is 1.21 bits per heavy atom. The van der Waals surface area contributed by atoms with Gasteiger partial charge in [0.1, 0.15) is 5.82 Å². The van der Waals surface area contributed by atoms with Crippen molar-refractivity contribution in [1.29, 1.82) is 0 Å². The first kappa shape index (κ1) is 26.4. The number of carbonyl (C=O) groups is 1. The summed E-state index contributed by atoms with van der Waals surface area (Å²) in [4.78, 5) is 29.3. The zero-order valence-electron chi connectivity index (χ0n) is 19.0. The normalized spacial score (nSPS) is 12.8. The number of aliphatic carboxylic acids is 1. The van der Waals surface area contributed by atoms with Crippen molar-refractivity contribution in [2.24, 2.45) is 5.10 Å². The molecule has 0 unspecified atom stereocenters. The average molecular weight is 660 g/mol. The van der Waals surface area contributed by atoms with Gasteiger partial charge < -0.3 is 14.6 Å². The fourth-order valence-electron chi connectivity index (χ4n) is 3.05. The third-order valence-electron chi connectivity index (χ3n) is 4.81. The Hall–Kier alpha value is -2.24. The summed E-state index contributed by atoms with van der Waals surface area (Å²) in [7, 11) is 1.45. The number of hydrogen-bond donors (Lipinski definition) is 1. The van der Waals surface area contributed by atoms with Gasteiger partial charge in [0.15, 0.2) is 17.6 Å². The smallest absolute Gasteiger partial charge is 0.344 e. The minimum Gasteiger partial charge on any atom is -0.493 e. The standard InChI is InChI=1S/C23H22Br3N3O5/c1-11(21(31)32)34-19-16(33-5)8-12(17(25)18(19)26)10-27-29-20(30)14-9-13(24)6-7-15(14)28-22(29)23(2,3)4/h6-11H,1-5H3,(H,31,32)/t11-/m0/s1. The highest BCUT2D eigenvalue weighted by Crippen LogP contribution is 2.42. The van der Waals surface area contributed by atoms with E-state index in [0.717, 1.165) is 4.47 Å². The van der Waals surface area contributed by atoms with E-state index in [0.29, 0.717) is 37.0 Å². The molecule has 3 rings (SSSR count). The number of hydrogen-bond acceptors (Lipinski definition) is 6. The third-order valence-corrected chi connectivity index (χ3v) is 7.45. The Morgan fingerprint density at radius 2 is 1.88 bits per heavy atom. The highest BCUT2D eigenvalue weighted by molar-refractivity contribution is 9.13.